The van der Waals surface area contributed by atoms with Gasteiger partial charge < -0.3 is 11.5 Å². The highest BCUT2D eigenvalue weighted by Crippen LogP contribution is 2.36. The van der Waals surface area contributed by atoms with E-state index in [1.54, 1.807) is 0 Å². The molecule has 0 amide bonds. The number of aryl methyl sites for hydroxylation is 1. The molecule has 0 aliphatic carbocycles. The van der Waals surface area contributed by atoms with E-state index in [1.807, 2.05) is 54.6 Å². The average molecular weight is 619 g/mol. The van der Waals surface area contributed by atoms with Gasteiger partial charge in [-0.25, -0.2) is 15.0 Å². The molecule has 228 valence electrons. The quantitative estimate of drug-likeness (QED) is 0.151. The van der Waals surface area contributed by atoms with Gasteiger partial charge in [-0.1, -0.05) is 84.9 Å². The lowest BCUT2D eigenvalue weighted by Crippen LogP contribution is -2.08. The van der Waals surface area contributed by atoms with E-state index in [2.05, 4.69) is 78.9 Å². The first-order valence-corrected chi connectivity index (χ1v) is 16.1. The molecule has 0 saturated carbocycles. The fourth-order valence-electron chi connectivity index (χ4n) is 6.61. The molecule has 5 aromatic carbocycles. The summed E-state index contributed by atoms with van der Waals surface area (Å²) in [5.74, 6) is 0. The van der Waals surface area contributed by atoms with Crippen molar-refractivity contribution in [2.24, 2.45) is 4.99 Å². The van der Waals surface area contributed by atoms with Gasteiger partial charge in [-0.2, -0.15) is 0 Å². The number of pyridine rings is 3. The van der Waals surface area contributed by atoms with Gasteiger partial charge >= 0.3 is 0 Å². The van der Waals surface area contributed by atoms with Crippen LogP contribution in [0.5, 0.6) is 0 Å². The predicted octanol–water partition coefficient (Wildman–Crippen LogP) is 9.56. The largest absolute Gasteiger partial charge is 0.399 e. The summed E-state index contributed by atoms with van der Waals surface area (Å²) in [5.41, 5.74) is 26.1. The molecule has 6 heteroatoms. The number of hydrogen-bond donors (Lipinski definition) is 2. The maximum atomic E-state index is 5.94. The van der Waals surface area contributed by atoms with Crippen molar-refractivity contribution in [1.82, 2.24) is 15.0 Å². The first-order chi connectivity index (χ1) is 23.6. The van der Waals surface area contributed by atoms with Crippen molar-refractivity contribution in [2.75, 3.05) is 11.5 Å². The van der Waals surface area contributed by atoms with Crippen molar-refractivity contribution in [3.8, 4) is 33.8 Å². The third-order valence-corrected chi connectivity index (χ3v) is 9.22. The fourth-order valence-corrected chi connectivity index (χ4v) is 6.61. The van der Waals surface area contributed by atoms with E-state index in [0.29, 0.717) is 0 Å². The summed E-state index contributed by atoms with van der Waals surface area (Å²) >= 11 is 0. The molecule has 8 aromatic rings. The summed E-state index contributed by atoms with van der Waals surface area (Å²) in [6, 6.07) is 45.3. The maximum Gasteiger partial charge on any atom is 0.0972 e. The summed E-state index contributed by atoms with van der Waals surface area (Å²) in [7, 11) is 0. The second-order valence-electron chi connectivity index (χ2n) is 12.3. The van der Waals surface area contributed by atoms with Crippen LogP contribution in [0.1, 0.15) is 17.5 Å². The molecular formula is C42H30N6. The lowest BCUT2D eigenvalue weighted by Gasteiger charge is -2.18. The van der Waals surface area contributed by atoms with Crippen LogP contribution in [0.15, 0.2) is 138 Å². The summed E-state index contributed by atoms with van der Waals surface area (Å²) in [6.07, 6.45) is 1.81. The molecule has 0 radical (unpaired) electrons. The Bertz CT molecular complexity index is 2570. The number of fused-ring (bicyclic) bond motifs is 6. The molecule has 48 heavy (non-hydrogen) atoms. The Balaban J connectivity index is 1.12. The minimum Gasteiger partial charge on any atom is -0.399 e. The molecule has 3 aromatic heterocycles. The molecule has 0 saturated heterocycles. The SMILES string of the molecule is Nc1ccc(C2=Nc3c(ccc4ccc(-c5cccc(-c6ccc7ccc8ccc(-c9ccc(N)cc9)nc8c7n6)c5)nc34)CC2)cc1. The smallest absolute Gasteiger partial charge is 0.0972 e. The molecule has 4 N–H and O–H groups in total. The van der Waals surface area contributed by atoms with Gasteiger partial charge in [0.15, 0.2) is 0 Å². The molecular weight excluding hydrogens is 589 g/mol. The maximum absolute atomic E-state index is 5.94. The number of aromatic nitrogens is 3. The average Bonchev–Trinajstić information content (AvgIpc) is 3.14. The van der Waals surface area contributed by atoms with Crippen LogP contribution in [0.3, 0.4) is 0 Å². The van der Waals surface area contributed by atoms with Crippen molar-refractivity contribution < 1.29 is 0 Å². The minimum absolute atomic E-state index is 0.730. The van der Waals surface area contributed by atoms with Crippen molar-refractivity contribution in [1.29, 1.82) is 0 Å². The van der Waals surface area contributed by atoms with Crippen molar-refractivity contribution in [3.05, 3.63) is 145 Å². The molecule has 1 aliphatic heterocycles. The van der Waals surface area contributed by atoms with Gasteiger partial charge in [0.25, 0.3) is 0 Å². The Morgan fingerprint density at radius 1 is 0.417 bits per heavy atom. The van der Waals surface area contributed by atoms with Crippen LogP contribution < -0.4 is 11.5 Å². The number of nitrogen functional groups attached to an aromatic ring is 2. The molecule has 0 spiro atoms. The third-order valence-electron chi connectivity index (χ3n) is 9.22. The predicted molar refractivity (Wildman–Crippen MR) is 198 cm³/mol. The Labute approximate surface area is 277 Å². The normalized spacial score (nSPS) is 12.7. The summed E-state index contributed by atoms with van der Waals surface area (Å²) < 4.78 is 0. The van der Waals surface area contributed by atoms with Crippen LogP contribution in [0.2, 0.25) is 0 Å². The second-order valence-corrected chi connectivity index (χ2v) is 12.3. The minimum atomic E-state index is 0.730. The van der Waals surface area contributed by atoms with E-state index in [1.165, 1.54) is 5.56 Å². The van der Waals surface area contributed by atoms with E-state index in [-0.39, 0.29) is 0 Å². The summed E-state index contributed by atoms with van der Waals surface area (Å²) in [4.78, 5) is 20.6. The molecule has 0 unspecified atom stereocenters. The van der Waals surface area contributed by atoms with E-state index >= 15 is 0 Å². The Hall–Kier alpha value is -6.40. The number of anilines is 2. The van der Waals surface area contributed by atoms with Crippen LogP contribution in [0.4, 0.5) is 17.1 Å². The van der Waals surface area contributed by atoms with Crippen LogP contribution in [-0.2, 0) is 6.42 Å². The van der Waals surface area contributed by atoms with Gasteiger partial charge in [0.2, 0.25) is 0 Å². The van der Waals surface area contributed by atoms with E-state index in [4.69, 9.17) is 31.4 Å². The van der Waals surface area contributed by atoms with E-state index in [9.17, 15) is 0 Å². The Kier molecular flexibility index (Phi) is 6.47. The number of benzene rings is 5. The topological polar surface area (TPSA) is 103 Å². The molecule has 9 rings (SSSR count). The van der Waals surface area contributed by atoms with Crippen LogP contribution in [0.25, 0.3) is 66.5 Å². The van der Waals surface area contributed by atoms with Gasteiger partial charge in [-0.05, 0) is 72.5 Å². The standard InChI is InChI=1S/C42H30N6/c43-33-16-8-25(9-17-33)35-20-12-27-4-6-29-14-22-37(47-41(29)39(27)45-35)31-2-1-3-32(24-31)38-23-15-30-7-5-28-13-21-36(46-40(28)42(30)48-38)26-10-18-34(44)19-11-26/h1-12,14-20,22-24H,13,21,43-44H2. The van der Waals surface area contributed by atoms with Crippen molar-refractivity contribution >= 4 is 55.5 Å². The van der Waals surface area contributed by atoms with Crippen LogP contribution in [-0.4, -0.2) is 20.7 Å². The number of aliphatic imine (C=N–C) groups is 1. The number of rotatable bonds is 4. The number of nitrogens with two attached hydrogens (primary N) is 2. The molecule has 0 atom stereocenters. The lowest BCUT2D eigenvalue weighted by atomic mass is 9.95. The highest BCUT2D eigenvalue weighted by atomic mass is 14.8. The van der Waals surface area contributed by atoms with Gasteiger partial charge in [0.1, 0.15) is 0 Å². The Morgan fingerprint density at radius 2 is 0.896 bits per heavy atom. The number of nitrogens with zero attached hydrogens (tertiary/aromatic N) is 4. The highest BCUT2D eigenvalue weighted by Gasteiger charge is 2.18. The monoisotopic (exact) mass is 618 g/mol. The van der Waals surface area contributed by atoms with Gasteiger partial charge in [0, 0.05) is 49.9 Å². The van der Waals surface area contributed by atoms with Crippen molar-refractivity contribution in [3.63, 3.8) is 0 Å². The van der Waals surface area contributed by atoms with Crippen molar-refractivity contribution in [2.45, 2.75) is 12.8 Å². The lowest BCUT2D eigenvalue weighted by molar-refractivity contribution is 1.01. The fraction of sp³-hybridized carbons (Fsp3) is 0.0476. The molecule has 0 bridgehead atoms. The zero-order valence-electron chi connectivity index (χ0n) is 26.1. The molecule has 6 nitrogen and oxygen atoms in total. The second kappa shape index (κ2) is 11.1. The first kappa shape index (κ1) is 27.9. The third kappa shape index (κ3) is 4.91. The summed E-state index contributed by atoms with van der Waals surface area (Å²) in [5, 5.41) is 3.17. The van der Waals surface area contributed by atoms with Gasteiger partial charge in [-0.15, -0.1) is 0 Å². The first-order valence-electron chi connectivity index (χ1n) is 16.1. The van der Waals surface area contributed by atoms with Crippen LogP contribution >= 0.6 is 0 Å². The molecule has 0 fully saturated rings. The molecule has 1 aliphatic rings. The van der Waals surface area contributed by atoms with Gasteiger partial charge in [0.05, 0.1) is 39.3 Å². The zero-order valence-corrected chi connectivity index (χ0v) is 26.1. The van der Waals surface area contributed by atoms with E-state index in [0.717, 1.165) is 108 Å². The number of hydrogen-bond acceptors (Lipinski definition) is 6. The zero-order chi connectivity index (χ0) is 32.2. The Morgan fingerprint density at radius 3 is 1.50 bits per heavy atom. The highest BCUT2D eigenvalue weighted by molar-refractivity contribution is 6.07. The van der Waals surface area contributed by atoms with Gasteiger partial charge in [-0.3, -0.25) is 4.99 Å². The summed E-state index contributed by atoms with van der Waals surface area (Å²) in [6.45, 7) is 0. The van der Waals surface area contributed by atoms with E-state index < -0.39 is 0 Å². The van der Waals surface area contributed by atoms with Crippen LogP contribution in [0, 0.1) is 0 Å². The molecule has 4 heterocycles.